The molecule has 2 aromatic carbocycles. The number of aromatic nitrogens is 4. The molecule has 23 heavy (non-hydrogen) atoms. The molecule has 0 aliphatic rings. The fourth-order valence-corrected chi connectivity index (χ4v) is 2.72. The van der Waals surface area contributed by atoms with Crippen LogP contribution in [-0.4, -0.2) is 19.7 Å². The summed E-state index contributed by atoms with van der Waals surface area (Å²) in [7, 11) is 0. The van der Waals surface area contributed by atoms with Crippen LogP contribution < -0.4 is 0 Å². The molecule has 4 aromatic rings. The standard InChI is InChI=1S/C17H13ClN4O/c1-2-22-10-19-14-7-6-11(9-15(14)22)16-20-17(23-21-16)12-4-3-5-13(18)8-12/h3-10H,2H2,1H3. The molecule has 0 radical (unpaired) electrons. The minimum absolute atomic E-state index is 0.451. The molecule has 0 atom stereocenters. The number of halogens is 1. The van der Waals surface area contributed by atoms with E-state index in [-0.39, 0.29) is 0 Å². The van der Waals surface area contributed by atoms with Gasteiger partial charge < -0.3 is 9.09 Å². The van der Waals surface area contributed by atoms with Gasteiger partial charge in [-0.3, -0.25) is 0 Å². The third-order valence-electron chi connectivity index (χ3n) is 3.72. The van der Waals surface area contributed by atoms with E-state index in [1.807, 2.05) is 42.7 Å². The molecule has 0 spiro atoms. The maximum atomic E-state index is 6.01. The highest BCUT2D eigenvalue weighted by Gasteiger charge is 2.12. The first-order valence-electron chi connectivity index (χ1n) is 7.29. The summed E-state index contributed by atoms with van der Waals surface area (Å²) in [6, 6.07) is 13.3. The lowest BCUT2D eigenvalue weighted by Gasteiger charge is -2.00. The van der Waals surface area contributed by atoms with Crippen LogP contribution in [0.1, 0.15) is 6.92 Å². The maximum Gasteiger partial charge on any atom is 0.258 e. The van der Waals surface area contributed by atoms with Gasteiger partial charge in [0.2, 0.25) is 5.82 Å². The normalized spacial score (nSPS) is 11.2. The van der Waals surface area contributed by atoms with Gasteiger partial charge in [-0.1, -0.05) is 22.8 Å². The Bertz CT molecular complexity index is 989. The van der Waals surface area contributed by atoms with Crippen LogP contribution in [0.15, 0.2) is 53.3 Å². The van der Waals surface area contributed by atoms with Crippen molar-refractivity contribution in [3.8, 4) is 22.8 Å². The number of rotatable bonds is 3. The molecule has 0 amide bonds. The fraction of sp³-hybridized carbons (Fsp3) is 0.118. The van der Waals surface area contributed by atoms with E-state index >= 15 is 0 Å². The minimum atomic E-state index is 0.451. The first-order chi connectivity index (χ1) is 11.2. The molecule has 6 heteroatoms. The highest BCUT2D eigenvalue weighted by atomic mass is 35.5. The Balaban J connectivity index is 1.76. The molecule has 2 heterocycles. The first kappa shape index (κ1) is 14.0. The van der Waals surface area contributed by atoms with E-state index in [1.165, 1.54) is 0 Å². The molecule has 0 fully saturated rings. The Kier molecular flexibility index (Phi) is 3.35. The number of imidazole rings is 1. The average molecular weight is 325 g/mol. The highest BCUT2D eigenvalue weighted by Crippen LogP contribution is 2.26. The molecule has 5 nitrogen and oxygen atoms in total. The topological polar surface area (TPSA) is 56.7 Å². The Labute approximate surface area is 137 Å². The van der Waals surface area contributed by atoms with Gasteiger partial charge >= 0.3 is 0 Å². The van der Waals surface area contributed by atoms with E-state index < -0.39 is 0 Å². The molecule has 0 saturated carbocycles. The van der Waals surface area contributed by atoms with E-state index in [4.69, 9.17) is 16.1 Å². The quantitative estimate of drug-likeness (QED) is 0.559. The Morgan fingerprint density at radius 2 is 2.04 bits per heavy atom. The zero-order valence-electron chi connectivity index (χ0n) is 12.4. The van der Waals surface area contributed by atoms with E-state index in [9.17, 15) is 0 Å². The van der Waals surface area contributed by atoms with Crippen molar-refractivity contribution in [3.63, 3.8) is 0 Å². The van der Waals surface area contributed by atoms with Gasteiger partial charge in [-0.25, -0.2) is 4.98 Å². The second-order valence-electron chi connectivity index (χ2n) is 5.17. The van der Waals surface area contributed by atoms with Crippen molar-refractivity contribution in [3.05, 3.63) is 53.8 Å². The molecule has 0 bridgehead atoms. The predicted octanol–water partition coefficient (Wildman–Crippen LogP) is 4.43. The van der Waals surface area contributed by atoms with Gasteiger partial charge in [0, 0.05) is 22.7 Å². The van der Waals surface area contributed by atoms with Crippen molar-refractivity contribution < 1.29 is 4.52 Å². The van der Waals surface area contributed by atoms with Crippen LogP contribution in [0.4, 0.5) is 0 Å². The van der Waals surface area contributed by atoms with Crippen molar-refractivity contribution in [1.82, 2.24) is 19.7 Å². The third kappa shape index (κ3) is 2.49. The van der Waals surface area contributed by atoms with Gasteiger partial charge in [0.05, 0.1) is 17.4 Å². The number of aryl methyl sites for hydroxylation is 1. The second kappa shape index (κ2) is 5.52. The van der Waals surface area contributed by atoms with E-state index in [2.05, 4.69) is 26.6 Å². The molecule has 4 rings (SSSR count). The monoisotopic (exact) mass is 324 g/mol. The van der Waals surface area contributed by atoms with Crippen molar-refractivity contribution in [2.45, 2.75) is 13.5 Å². The number of benzene rings is 2. The molecular formula is C17H13ClN4O. The molecule has 0 aliphatic heterocycles. The zero-order chi connectivity index (χ0) is 15.8. The van der Waals surface area contributed by atoms with Crippen LogP contribution in [0.5, 0.6) is 0 Å². The summed E-state index contributed by atoms with van der Waals surface area (Å²) >= 11 is 6.01. The number of fused-ring (bicyclic) bond motifs is 1. The van der Waals surface area contributed by atoms with Crippen LogP contribution in [-0.2, 0) is 6.54 Å². The second-order valence-corrected chi connectivity index (χ2v) is 5.60. The zero-order valence-corrected chi connectivity index (χ0v) is 13.2. The van der Waals surface area contributed by atoms with E-state index in [1.54, 1.807) is 6.07 Å². The lowest BCUT2D eigenvalue weighted by atomic mass is 10.2. The summed E-state index contributed by atoms with van der Waals surface area (Å²) in [5.41, 5.74) is 3.70. The number of hydrogen-bond donors (Lipinski definition) is 0. The van der Waals surface area contributed by atoms with Gasteiger partial charge in [0.15, 0.2) is 0 Å². The molecule has 114 valence electrons. The van der Waals surface area contributed by atoms with Crippen molar-refractivity contribution >= 4 is 22.6 Å². The highest BCUT2D eigenvalue weighted by molar-refractivity contribution is 6.30. The van der Waals surface area contributed by atoms with Gasteiger partial charge in [0.1, 0.15) is 0 Å². The van der Waals surface area contributed by atoms with Crippen LogP contribution in [0.25, 0.3) is 33.9 Å². The van der Waals surface area contributed by atoms with Crippen molar-refractivity contribution in [1.29, 1.82) is 0 Å². The Morgan fingerprint density at radius 3 is 2.87 bits per heavy atom. The maximum absolute atomic E-state index is 6.01. The lowest BCUT2D eigenvalue weighted by Crippen LogP contribution is -1.91. The van der Waals surface area contributed by atoms with E-state index in [0.29, 0.717) is 16.7 Å². The van der Waals surface area contributed by atoms with Gasteiger partial charge in [0.25, 0.3) is 5.89 Å². The Hall–Kier alpha value is -2.66. The summed E-state index contributed by atoms with van der Waals surface area (Å²) in [6.07, 6.45) is 1.84. The SMILES string of the molecule is CCn1cnc2ccc(-c3noc(-c4cccc(Cl)c4)n3)cc21. The minimum Gasteiger partial charge on any atom is -0.334 e. The van der Waals surface area contributed by atoms with Gasteiger partial charge in [-0.05, 0) is 43.3 Å². The van der Waals surface area contributed by atoms with Crippen LogP contribution in [0.3, 0.4) is 0 Å². The summed E-state index contributed by atoms with van der Waals surface area (Å²) < 4.78 is 7.45. The molecule has 0 aliphatic carbocycles. The summed E-state index contributed by atoms with van der Waals surface area (Å²) in [5.74, 6) is 0.998. The largest absolute Gasteiger partial charge is 0.334 e. The smallest absolute Gasteiger partial charge is 0.258 e. The molecule has 0 unspecified atom stereocenters. The molecule has 0 saturated heterocycles. The Morgan fingerprint density at radius 1 is 1.13 bits per heavy atom. The summed E-state index contributed by atoms with van der Waals surface area (Å²) in [4.78, 5) is 8.84. The molecule has 0 N–H and O–H groups in total. The van der Waals surface area contributed by atoms with Crippen LogP contribution in [0.2, 0.25) is 5.02 Å². The molecule has 2 aromatic heterocycles. The fourth-order valence-electron chi connectivity index (χ4n) is 2.53. The average Bonchev–Trinajstić information content (AvgIpc) is 3.21. The van der Waals surface area contributed by atoms with Crippen molar-refractivity contribution in [2.24, 2.45) is 0 Å². The predicted molar refractivity (Wildman–Crippen MR) is 89.1 cm³/mol. The number of nitrogens with zero attached hydrogens (tertiary/aromatic N) is 4. The third-order valence-corrected chi connectivity index (χ3v) is 3.95. The van der Waals surface area contributed by atoms with Gasteiger partial charge in [-0.15, -0.1) is 0 Å². The van der Waals surface area contributed by atoms with Crippen LogP contribution in [0, 0.1) is 0 Å². The molecular weight excluding hydrogens is 312 g/mol. The first-order valence-corrected chi connectivity index (χ1v) is 7.67. The summed E-state index contributed by atoms with van der Waals surface area (Å²) in [6.45, 7) is 2.94. The van der Waals surface area contributed by atoms with Crippen LogP contribution >= 0.6 is 11.6 Å². The van der Waals surface area contributed by atoms with E-state index in [0.717, 1.165) is 28.7 Å². The van der Waals surface area contributed by atoms with Crippen molar-refractivity contribution in [2.75, 3.05) is 0 Å². The number of hydrogen-bond acceptors (Lipinski definition) is 4. The summed E-state index contributed by atoms with van der Waals surface area (Å²) in [5, 5.41) is 4.72. The van der Waals surface area contributed by atoms with Gasteiger partial charge in [-0.2, -0.15) is 4.98 Å². The lowest BCUT2D eigenvalue weighted by molar-refractivity contribution is 0.432.